The maximum Gasteiger partial charge on any atom is 0.330 e. The van der Waals surface area contributed by atoms with E-state index < -0.39 is 38.9 Å². The second-order valence-corrected chi connectivity index (χ2v) is 15.3. The Bertz CT molecular complexity index is 759. The monoisotopic (exact) mass is 508 g/mol. The summed E-state index contributed by atoms with van der Waals surface area (Å²) in [5.74, 6) is -0.428. The maximum atomic E-state index is 12.0. The second kappa shape index (κ2) is 14.3. The van der Waals surface area contributed by atoms with E-state index in [1.54, 1.807) is 20.1 Å². The summed E-state index contributed by atoms with van der Waals surface area (Å²) in [7, 11) is -0.573. The number of hydrogen-bond acceptors (Lipinski definition) is 7. The molecule has 0 spiro atoms. The van der Waals surface area contributed by atoms with Crippen molar-refractivity contribution in [3.63, 3.8) is 0 Å². The second-order valence-electron chi connectivity index (χ2n) is 9.80. The van der Waals surface area contributed by atoms with Crippen LogP contribution in [0.1, 0.15) is 60.3 Å². The molecule has 0 aliphatic carbocycles. The van der Waals surface area contributed by atoms with Crippen molar-refractivity contribution in [1.82, 2.24) is 0 Å². The molecule has 4 atom stereocenters. The standard InChI is InChI=1S/C27H44O7Si/c1-9-30-25(28)16-15-23-26(31-18-29-8)24(34-27(33-23)22-13-11-10-12-14-22)17-32-35(19(2)3,20(4)5)21(6)7/h10-16,19-21,23-24,26-27H,9,17-18H2,1-8H3/b16-15+/t23-,24+,26-,27-/m0/s1. The van der Waals surface area contributed by atoms with E-state index in [9.17, 15) is 4.79 Å². The van der Waals surface area contributed by atoms with Crippen LogP contribution in [0.4, 0.5) is 0 Å². The van der Waals surface area contributed by atoms with Gasteiger partial charge in [0, 0.05) is 18.7 Å². The first-order valence-corrected chi connectivity index (χ1v) is 14.8. The van der Waals surface area contributed by atoms with Crippen molar-refractivity contribution in [2.24, 2.45) is 0 Å². The zero-order chi connectivity index (χ0) is 26.0. The van der Waals surface area contributed by atoms with Gasteiger partial charge in [-0.1, -0.05) is 71.9 Å². The van der Waals surface area contributed by atoms with E-state index >= 15 is 0 Å². The zero-order valence-electron chi connectivity index (χ0n) is 22.6. The summed E-state index contributed by atoms with van der Waals surface area (Å²) in [6.07, 6.45) is 0.926. The van der Waals surface area contributed by atoms with Gasteiger partial charge in [0.2, 0.25) is 0 Å². The van der Waals surface area contributed by atoms with E-state index in [1.807, 2.05) is 30.3 Å². The Morgan fingerprint density at radius 3 is 2.20 bits per heavy atom. The van der Waals surface area contributed by atoms with Crippen LogP contribution >= 0.6 is 0 Å². The number of esters is 1. The van der Waals surface area contributed by atoms with Crippen molar-refractivity contribution in [2.45, 2.75) is 89.7 Å². The molecule has 1 fully saturated rings. The Hall–Kier alpha value is -1.55. The van der Waals surface area contributed by atoms with E-state index in [-0.39, 0.29) is 6.79 Å². The summed E-state index contributed by atoms with van der Waals surface area (Å²) in [4.78, 5) is 12.0. The first-order valence-electron chi connectivity index (χ1n) is 12.6. The van der Waals surface area contributed by atoms with Gasteiger partial charge in [0.1, 0.15) is 25.1 Å². The molecule has 1 aliphatic rings. The molecule has 1 aliphatic heterocycles. The molecule has 0 amide bonds. The molecular formula is C27H44O7Si. The first kappa shape index (κ1) is 29.7. The Kier molecular flexibility index (Phi) is 12.1. The molecule has 1 heterocycles. The van der Waals surface area contributed by atoms with Crippen molar-refractivity contribution in [2.75, 3.05) is 27.1 Å². The first-order chi connectivity index (χ1) is 16.7. The van der Waals surface area contributed by atoms with Gasteiger partial charge in [-0.3, -0.25) is 0 Å². The number of rotatable bonds is 13. The lowest BCUT2D eigenvalue weighted by Gasteiger charge is -2.45. The molecule has 0 unspecified atom stereocenters. The summed E-state index contributed by atoms with van der Waals surface area (Å²) >= 11 is 0. The van der Waals surface area contributed by atoms with Gasteiger partial charge in [-0.2, -0.15) is 0 Å². The van der Waals surface area contributed by atoms with E-state index in [0.29, 0.717) is 29.8 Å². The molecule has 0 aromatic heterocycles. The van der Waals surface area contributed by atoms with Crippen LogP contribution in [-0.2, 0) is 32.9 Å². The number of ether oxygens (including phenoxy) is 5. The van der Waals surface area contributed by atoms with Crippen molar-refractivity contribution < 1.29 is 32.9 Å². The summed E-state index contributed by atoms with van der Waals surface area (Å²) in [6, 6.07) is 9.75. The summed E-state index contributed by atoms with van der Waals surface area (Å²) in [5.41, 5.74) is 2.19. The predicted octanol–water partition coefficient (Wildman–Crippen LogP) is 5.77. The molecule has 7 nitrogen and oxygen atoms in total. The van der Waals surface area contributed by atoms with Gasteiger partial charge >= 0.3 is 5.97 Å². The van der Waals surface area contributed by atoms with Crippen LogP contribution in [0, 0.1) is 0 Å². The topological polar surface area (TPSA) is 72.5 Å². The lowest BCUT2D eigenvalue weighted by molar-refractivity contribution is -0.299. The third kappa shape index (κ3) is 7.71. The Morgan fingerprint density at radius 2 is 1.66 bits per heavy atom. The third-order valence-corrected chi connectivity index (χ3v) is 12.7. The lowest BCUT2D eigenvalue weighted by atomic mass is 10.0. The highest BCUT2D eigenvalue weighted by Gasteiger charge is 2.47. The largest absolute Gasteiger partial charge is 0.463 e. The molecular weight excluding hydrogens is 464 g/mol. The van der Waals surface area contributed by atoms with Crippen LogP contribution in [0.2, 0.25) is 16.6 Å². The van der Waals surface area contributed by atoms with Gasteiger partial charge < -0.3 is 28.1 Å². The Balaban J connectivity index is 2.39. The molecule has 0 bridgehead atoms. The molecule has 1 aromatic carbocycles. The van der Waals surface area contributed by atoms with Gasteiger partial charge in [-0.05, 0) is 29.6 Å². The highest BCUT2D eigenvalue weighted by Crippen LogP contribution is 2.43. The lowest BCUT2D eigenvalue weighted by Crippen LogP contribution is -2.54. The minimum absolute atomic E-state index is 0.0642. The van der Waals surface area contributed by atoms with Crippen molar-refractivity contribution in [1.29, 1.82) is 0 Å². The quantitative estimate of drug-likeness (QED) is 0.145. The molecule has 0 radical (unpaired) electrons. The highest BCUT2D eigenvalue weighted by atomic mass is 28.4. The zero-order valence-corrected chi connectivity index (χ0v) is 23.6. The van der Waals surface area contributed by atoms with Crippen LogP contribution in [0.15, 0.2) is 42.5 Å². The van der Waals surface area contributed by atoms with Crippen molar-refractivity contribution in [3.8, 4) is 0 Å². The molecule has 35 heavy (non-hydrogen) atoms. The fourth-order valence-corrected chi connectivity index (χ4v) is 10.6. The average molecular weight is 509 g/mol. The van der Waals surface area contributed by atoms with Gasteiger partial charge in [0.05, 0.1) is 13.2 Å². The number of hydrogen-bond donors (Lipinski definition) is 0. The van der Waals surface area contributed by atoms with Gasteiger partial charge in [0.15, 0.2) is 14.6 Å². The fourth-order valence-electron chi connectivity index (χ4n) is 5.20. The third-order valence-electron chi connectivity index (χ3n) is 6.63. The number of carbonyl (C=O) groups excluding carboxylic acids is 1. The van der Waals surface area contributed by atoms with Crippen LogP contribution in [0.5, 0.6) is 0 Å². The molecule has 8 heteroatoms. The van der Waals surface area contributed by atoms with Crippen LogP contribution in [-0.4, -0.2) is 59.7 Å². The van der Waals surface area contributed by atoms with Gasteiger partial charge in [0.25, 0.3) is 0 Å². The molecule has 1 saturated heterocycles. The van der Waals surface area contributed by atoms with E-state index in [4.69, 9.17) is 28.1 Å². The molecule has 1 aromatic rings. The molecule has 0 saturated carbocycles. The summed E-state index contributed by atoms with van der Waals surface area (Å²) in [6.45, 7) is 16.1. The van der Waals surface area contributed by atoms with Crippen molar-refractivity contribution >= 4 is 14.3 Å². The minimum Gasteiger partial charge on any atom is -0.463 e. The smallest absolute Gasteiger partial charge is 0.330 e. The normalized spacial score (nSPS) is 23.5. The highest BCUT2D eigenvalue weighted by molar-refractivity contribution is 6.77. The predicted molar refractivity (Wildman–Crippen MR) is 138 cm³/mol. The molecule has 198 valence electrons. The van der Waals surface area contributed by atoms with Crippen LogP contribution < -0.4 is 0 Å². The van der Waals surface area contributed by atoms with Gasteiger partial charge in [-0.25, -0.2) is 4.79 Å². The number of carbonyl (C=O) groups is 1. The molecule has 2 rings (SSSR count). The van der Waals surface area contributed by atoms with Crippen molar-refractivity contribution in [3.05, 3.63) is 48.0 Å². The SMILES string of the molecule is CCOC(=O)/C=C/[C@@H]1O[C@H](c2ccccc2)O[C@H](CO[Si](C(C)C)(C(C)C)C(C)C)[C@H]1OCOC. The fraction of sp³-hybridized carbons (Fsp3) is 0.667. The summed E-state index contributed by atoms with van der Waals surface area (Å²) in [5, 5.41) is 0. The average Bonchev–Trinajstić information content (AvgIpc) is 2.82. The van der Waals surface area contributed by atoms with Crippen LogP contribution in [0.25, 0.3) is 0 Å². The Morgan fingerprint density at radius 1 is 1.03 bits per heavy atom. The van der Waals surface area contributed by atoms with E-state index in [2.05, 4.69) is 41.5 Å². The summed E-state index contributed by atoms with van der Waals surface area (Å²) < 4.78 is 35.9. The number of benzene rings is 1. The Labute approximate surface area is 212 Å². The van der Waals surface area contributed by atoms with E-state index in [1.165, 1.54) is 6.08 Å². The van der Waals surface area contributed by atoms with Crippen LogP contribution in [0.3, 0.4) is 0 Å². The number of methoxy groups -OCH3 is 1. The maximum absolute atomic E-state index is 12.0. The minimum atomic E-state index is -2.14. The molecule has 0 N–H and O–H groups in total. The van der Waals surface area contributed by atoms with E-state index in [0.717, 1.165) is 5.56 Å². The van der Waals surface area contributed by atoms with Gasteiger partial charge in [-0.15, -0.1) is 0 Å².